The monoisotopic (exact) mass is 275 g/mol. The average molecular weight is 275 g/mol. The van der Waals surface area contributed by atoms with Crippen LogP contribution in [0.4, 0.5) is 10.5 Å². The number of fused-ring (bicyclic) bond motifs is 1. The third-order valence-electron chi connectivity index (χ3n) is 3.51. The lowest BCUT2D eigenvalue weighted by molar-refractivity contribution is -0.116. The topological polar surface area (TPSA) is 84.2 Å². The zero-order valence-electron chi connectivity index (χ0n) is 11.6. The van der Waals surface area contributed by atoms with E-state index in [0.29, 0.717) is 13.0 Å². The quantitative estimate of drug-likeness (QED) is 0.693. The van der Waals surface area contributed by atoms with Gasteiger partial charge in [-0.25, -0.2) is 4.79 Å². The molecule has 0 heterocycles. The summed E-state index contributed by atoms with van der Waals surface area (Å²) in [6.07, 6.45) is 5.41. The first-order valence-corrected chi connectivity index (χ1v) is 7.10. The first-order chi connectivity index (χ1) is 9.65. The maximum Gasteiger partial charge on any atom is 0.312 e. The number of hydrogen-bond acceptors (Lipinski definition) is 2. The van der Waals surface area contributed by atoms with Gasteiger partial charge in [-0.3, -0.25) is 4.79 Å². The molecule has 0 atom stereocenters. The van der Waals surface area contributed by atoms with Crippen LogP contribution in [0.2, 0.25) is 0 Å². The molecule has 0 aromatic heterocycles. The number of nitrogens with one attached hydrogen (secondary N) is 2. The molecule has 2 rings (SSSR count). The molecular weight excluding hydrogens is 254 g/mol. The number of anilines is 1. The molecule has 0 unspecified atom stereocenters. The van der Waals surface area contributed by atoms with Gasteiger partial charge in [-0.1, -0.05) is 6.07 Å². The van der Waals surface area contributed by atoms with Gasteiger partial charge in [0.25, 0.3) is 0 Å². The van der Waals surface area contributed by atoms with Gasteiger partial charge in [-0.05, 0) is 55.4 Å². The number of rotatable bonds is 6. The highest BCUT2D eigenvalue weighted by atomic mass is 16.2. The number of amides is 3. The number of urea groups is 1. The molecule has 0 radical (unpaired) electrons. The molecule has 0 saturated heterocycles. The van der Waals surface area contributed by atoms with Crippen molar-refractivity contribution in [3.8, 4) is 0 Å². The van der Waals surface area contributed by atoms with Gasteiger partial charge in [0.2, 0.25) is 5.91 Å². The standard InChI is InChI=1S/C15H21N3O2/c16-15(20)17-9-2-1-6-14(19)18-13-8-7-11-4-3-5-12(11)10-13/h7-8,10H,1-6,9H2,(H,18,19)(H3,16,17,20). The Bertz CT molecular complexity index is 500. The molecular formula is C15H21N3O2. The second-order valence-electron chi connectivity index (χ2n) is 5.13. The van der Waals surface area contributed by atoms with Crippen molar-refractivity contribution in [3.63, 3.8) is 0 Å². The Morgan fingerprint density at radius 3 is 2.75 bits per heavy atom. The summed E-state index contributed by atoms with van der Waals surface area (Å²) in [7, 11) is 0. The molecule has 4 N–H and O–H groups in total. The number of aryl methyl sites for hydroxylation is 2. The Hall–Kier alpha value is -2.04. The SMILES string of the molecule is NC(=O)NCCCCC(=O)Nc1ccc2c(c1)CCC2. The fourth-order valence-corrected chi connectivity index (χ4v) is 2.50. The zero-order valence-corrected chi connectivity index (χ0v) is 11.6. The lowest BCUT2D eigenvalue weighted by Crippen LogP contribution is -2.30. The Kier molecular flexibility index (Phi) is 4.98. The molecule has 0 aliphatic heterocycles. The summed E-state index contributed by atoms with van der Waals surface area (Å²) < 4.78 is 0. The Balaban J connectivity index is 1.70. The predicted molar refractivity (Wildman–Crippen MR) is 78.5 cm³/mol. The number of unbranched alkanes of at least 4 members (excludes halogenated alkanes) is 1. The summed E-state index contributed by atoms with van der Waals surface area (Å²) in [4.78, 5) is 22.2. The van der Waals surface area contributed by atoms with Crippen molar-refractivity contribution in [2.24, 2.45) is 5.73 Å². The van der Waals surface area contributed by atoms with Crippen LogP contribution >= 0.6 is 0 Å². The van der Waals surface area contributed by atoms with E-state index < -0.39 is 6.03 Å². The molecule has 20 heavy (non-hydrogen) atoms. The molecule has 0 bridgehead atoms. The number of hydrogen-bond donors (Lipinski definition) is 3. The van der Waals surface area contributed by atoms with E-state index in [1.54, 1.807) is 0 Å². The van der Waals surface area contributed by atoms with Gasteiger partial charge in [0.1, 0.15) is 0 Å². The summed E-state index contributed by atoms with van der Waals surface area (Å²) in [5, 5.41) is 5.42. The van der Waals surface area contributed by atoms with E-state index in [2.05, 4.69) is 22.8 Å². The Morgan fingerprint density at radius 2 is 1.95 bits per heavy atom. The maximum atomic E-state index is 11.8. The van der Waals surface area contributed by atoms with Crippen molar-refractivity contribution >= 4 is 17.6 Å². The van der Waals surface area contributed by atoms with Crippen molar-refractivity contribution in [1.82, 2.24) is 5.32 Å². The zero-order chi connectivity index (χ0) is 14.4. The molecule has 1 aromatic carbocycles. The minimum absolute atomic E-state index is 0.0158. The predicted octanol–water partition coefficient (Wildman–Crippen LogP) is 1.95. The molecule has 0 saturated carbocycles. The van der Waals surface area contributed by atoms with E-state index >= 15 is 0 Å². The minimum atomic E-state index is -0.521. The Morgan fingerprint density at radius 1 is 1.15 bits per heavy atom. The summed E-state index contributed by atoms with van der Waals surface area (Å²) in [6.45, 7) is 0.515. The highest BCUT2D eigenvalue weighted by Crippen LogP contribution is 2.24. The number of carbonyl (C=O) groups is 2. The van der Waals surface area contributed by atoms with Crippen LogP contribution in [-0.2, 0) is 17.6 Å². The summed E-state index contributed by atoms with van der Waals surface area (Å²) in [5.41, 5.74) is 8.59. The van der Waals surface area contributed by atoms with Crippen molar-refractivity contribution in [2.45, 2.75) is 38.5 Å². The fourth-order valence-electron chi connectivity index (χ4n) is 2.50. The largest absolute Gasteiger partial charge is 0.352 e. The van der Waals surface area contributed by atoms with E-state index in [4.69, 9.17) is 5.73 Å². The minimum Gasteiger partial charge on any atom is -0.352 e. The van der Waals surface area contributed by atoms with Crippen LogP contribution in [0.1, 0.15) is 36.8 Å². The van der Waals surface area contributed by atoms with Crippen molar-refractivity contribution in [3.05, 3.63) is 29.3 Å². The third kappa shape index (κ3) is 4.26. The van der Waals surface area contributed by atoms with Crippen LogP contribution in [0.3, 0.4) is 0 Å². The summed E-state index contributed by atoms with van der Waals surface area (Å²) in [5.74, 6) is 0.0158. The molecule has 1 aromatic rings. The van der Waals surface area contributed by atoms with Gasteiger partial charge >= 0.3 is 6.03 Å². The fraction of sp³-hybridized carbons (Fsp3) is 0.467. The van der Waals surface area contributed by atoms with E-state index in [9.17, 15) is 9.59 Å². The van der Waals surface area contributed by atoms with Crippen LogP contribution in [0.25, 0.3) is 0 Å². The van der Waals surface area contributed by atoms with Crippen molar-refractivity contribution in [2.75, 3.05) is 11.9 Å². The summed E-state index contributed by atoms with van der Waals surface area (Å²) in [6, 6.07) is 5.63. The lowest BCUT2D eigenvalue weighted by atomic mass is 10.1. The lowest BCUT2D eigenvalue weighted by Gasteiger charge is -2.07. The smallest absolute Gasteiger partial charge is 0.312 e. The average Bonchev–Trinajstić information content (AvgIpc) is 2.85. The molecule has 1 aliphatic carbocycles. The Labute approximate surface area is 118 Å². The number of benzene rings is 1. The van der Waals surface area contributed by atoms with Gasteiger partial charge in [0.05, 0.1) is 0 Å². The van der Waals surface area contributed by atoms with Gasteiger partial charge in [0.15, 0.2) is 0 Å². The molecule has 108 valence electrons. The van der Waals surface area contributed by atoms with Crippen LogP contribution in [0.15, 0.2) is 18.2 Å². The maximum absolute atomic E-state index is 11.8. The van der Waals surface area contributed by atoms with Crippen LogP contribution in [0.5, 0.6) is 0 Å². The number of primary amides is 1. The van der Waals surface area contributed by atoms with Gasteiger partial charge in [-0.2, -0.15) is 0 Å². The van der Waals surface area contributed by atoms with Gasteiger partial charge in [-0.15, -0.1) is 0 Å². The van der Waals surface area contributed by atoms with Crippen molar-refractivity contribution < 1.29 is 9.59 Å². The van der Waals surface area contributed by atoms with E-state index in [-0.39, 0.29) is 5.91 Å². The second-order valence-corrected chi connectivity index (χ2v) is 5.13. The number of carbonyl (C=O) groups excluding carboxylic acids is 2. The molecule has 0 fully saturated rings. The molecule has 0 spiro atoms. The van der Waals surface area contributed by atoms with Crippen LogP contribution < -0.4 is 16.4 Å². The van der Waals surface area contributed by atoms with Gasteiger partial charge < -0.3 is 16.4 Å². The van der Waals surface area contributed by atoms with E-state index in [1.807, 2.05) is 6.07 Å². The third-order valence-corrected chi connectivity index (χ3v) is 3.51. The van der Waals surface area contributed by atoms with Crippen molar-refractivity contribution in [1.29, 1.82) is 0 Å². The summed E-state index contributed by atoms with van der Waals surface area (Å²) >= 11 is 0. The molecule has 3 amide bonds. The van der Waals surface area contributed by atoms with Crippen LogP contribution in [0, 0.1) is 0 Å². The molecule has 5 nitrogen and oxygen atoms in total. The molecule has 5 heteroatoms. The highest BCUT2D eigenvalue weighted by Gasteiger charge is 2.11. The second kappa shape index (κ2) is 6.93. The van der Waals surface area contributed by atoms with Crippen LogP contribution in [-0.4, -0.2) is 18.5 Å². The van der Waals surface area contributed by atoms with E-state index in [0.717, 1.165) is 31.4 Å². The first kappa shape index (κ1) is 14.4. The molecule has 1 aliphatic rings. The highest BCUT2D eigenvalue weighted by molar-refractivity contribution is 5.90. The normalized spacial score (nSPS) is 12.8. The first-order valence-electron chi connectivity index (χ1n) is 7.10. The van der Waals surface area contributed by atoms with Gasteiger partial charge in [0, 0.05) is 18.7 Å². The van der Waals surface area contributed by atoms with E-state index in [1.165, 1.54) is 17.5 Å². The number of nitrogens with two attached hydrogens (primary N) is 1.